The third-order valence-corrected chi connectivity index (χ3v) is 5.69. The summed E-state index contributed by atoms with van der Waals surface area (Å²) in [5.74, 6) is -0.436. The molecule has 0 N–H and O–H groups in total. The number of aromatic nitrogens is 1. The molecule has 0 radical (unpaired) electrons. The molecule has 1 aromatic heterocycles. The van der Waals surface area contributed by atoms with Crippen LogP contribution in [0.15, 0.2) is 65.8 Å². The summed E-state index contributed by atoms with van der Waals surface area (Å²) >= 11 is 0. The van der Waals surface area contributed by atoms with E-state index in [0.717, 1.165) is 45.9 Å². The molecule has 0 amide bonds. The van der Waals surface area contributed by atoms with Crippen molar-refractivity contribution in [1.29, 1.82) is 0 Å². The third kappa shape index (κ3) is 3.94. The van der Waals surface area contributed by atoms with Gasteiger partial charge >= 0.3 is 5.97 Å². The highest BCUT2D eigenvalue weighted by molar-refractivity contribution is 6.16. The van der Waals surface area contributed by atoms with Crippen molar-refractivity contribution < 1.29 is 14.4 Å². The monoisotopic (exact) mass is 426 g/mol. The normalized spacial score (nSPS) is 11.8. The first-order valence-electron chi connectivity index (χ1n) is 10.8. The minimum Gasteiger partial charge on any atom is -0.340 e. The highest BCUT2D eigenvalue weighted by Crippen LogP contribution is 2.32. The van der Waals surface area contributed by atoms with E-state index in [4.69, 9.17) is 4.84 Å². The van der Waals surface area contributed by atoms with Crippen LogP contribution in [-0.4, -0.2) is 22.0 Å². The first-order chi connectivity index (χ1) is 15.4. The lowest BCUT2D eigenvalue weighted by molar-refractivity contribution is -0.140. The second-order valence-electron chi connectivity index (χ2n) is 8.02. The maximum Gasteiger partial charge on any atom is 0.331 e. The van der Waals surface area contributed by atoms with E-state index in [2.05, 4.69) is 22.7 Å². The topological polar surface area (TPSA) is 60.7 Å². The quantitative estimate of drug-likeness (QED) is 0.164. The molecule has 4 aromatic rings. The second kappa shape index (κ2) is 8.79. The largest absolute Gasteiger partial charge is 0.340 e. The molecule has 32 heavy (non-hydrogen) atoms. The van der Waals surface area contributed by atoms with Crippen molar-refractivity contribution in [1.82, 2.24) is 4.57 Å². The second-order valence-corrected chi connectivity index (χ2v) is 8.02. The van der Waals surface area contributed by atoms with Gasteiger partial charge in [-0.2, -0.15) is 0 Å². The summed E-state index contributed by atoms with van der Waals surface area (Å²) in [6.07, 6.45) is 0.997. The van der Waals surface area contributed by atoms with E-state index in [1.807, 2.05) is 68.4 Å². The molecule has 4 rings (SSSR count). The molecule has 0 unspecified atom stereocenters. The van der Waals surface area contributed by atoms with E-state index in [9.17, 15) is 9.59 Å². The number of carbonyl (C=O) groups excluding carboxylic acids is 2. The predicted octanol–water partition coefficient (Wildman–Crippen LogP) is 6.03. The van der Waals surface area contributed by atoms with E-state index in [0.29, 0.717) is 16.8 Å². The van der Waals surface area contributed by atoms with E-state index < -0.39 is 5.97 Å². The van der Waals surface area contributed by atoms with Gasteiger partial charge in [-0.05, 0) is 61.7 Å². The van der Waals surface area contributed by atoms with Gasteiger partial charge in [-0.25, -0.2) is 4.79 Å². The van der Waals surface area contributed by atoms with Gasteiger partial charge < -0.3 is 9.40 Å². The zero-order valence-corrected chi connectivity index (χ0v) is 18.8. The number of fused-ring (bicyclic) bond motifs is 3. The van der Waals surface area contributed by atoms with Crippen LogP contribution in [0.1, 0.15) is 54.2 Å². The molecule has 0 aliphatic heterocycles. The first-order valence-corrected chi connectivity index (χ1v) is 10.8. The summed E-state index contributed by atoms with van der Waals surface area (Å²) in [5.41, 5.74) is 6.02. The van der Waals surface area contributed by atoms with Crippen LogP contribution in [0.3, 0.4) is 0 Å². The lowest BCUT2D eigenvalue weighted by Crippen LogP contribution is -2.03. The Labute approximate surface area is 187 Å². The van der Waals surface area contributed by atoms with Crippen molar-refractivity contribution in [2.75, 3.05) is 0 Å². The molecular weight excluding hydrogens is 400 g/mol. The van der Waals surface area contributed by atoms with Crippen molar-refractivity contribution in [3.63, 3.8) is 0 Å². The van der Waals surface area contributed by atoms with Crippen molar-refractivity contribution >= 4 is 39.3 Å². The Balaban J connectivity index is 1.89. The third-order valence-electron chi connectivity index (χ3n) is 5.69. The standard InChI is InChI=1S/C27H26N2O3/c1-5-14-29-25-12-10-20(18(3)28-32-19(4)30)15-23(25)24-16-21(11-13-26(24)29)27(31)22-9-7-6-8-17(22)2/h6-13,15-16H,5,14H2,1-4H3/b28-18+. The minimum atomic E-state index is -0.454. The smallest absolute Gasteiger partial charge is 0.331 e. The van der Waals surface area contributed by atoms with Crippen LogP contribution in [0.5, 0.6) is 0 Å². The highest BCUT2D eigenvalue weighted by Gasteiger charge is 2.16. The molecule has 5 nitrogen and oxygen atoms in total. The van der Waals surface area contributed by atoms with Gasteiger partial charge in [0.1, 0.15) is 0 Å². The van der Waals surface area contributed by atoms with Crippen LogP contribution in [0, 0.1) is 6.92 Å². The molecule has 0 fully saturated rings. The van der Waals surface area contributed by atoms with Crippen molar-refractivity contribution in [2.45, 2.75) is 40.7 Å². The molecule has 0 atom stereocenters. The predicted molar refractivity (Wildman–Crippen MR) is 128 cm³/mol. The molecule has 1 heterocycles. The van der Waals surface area contributed by atoms with Crippen LogP contribution >= 0.6 is 0 Å². The summed E-state index contributed by atoms with van der Waals surface area (Å²) in [7, 11) is 0. The van der Waals surface area contributed by atoms with Crippen LogP contribution in [0.2, 0.25) is 0 Å². The maximum atomic E-state index is 13.2. The fourth-order valence-electron chi connectivity index (χ4n) is 4.10. The Hall–Kier alpha value is -3.73. The van der Waals surface area contributed by atoms with Gasteiger partial charge in [0.15, 0.2) is 5.78 Å². The number of oxime groups is 1. The summed E-state index contributed by atoms with van der Waals surface area (Å²) in [6.45, 7) is 8.12. The Morgan fingerprint density at radius 2 is 1.53 bits per heavy atom. The van der Waals surface area contributed by atoms with E-state index in [1.54, 1.807) is 0 Å². The highest BCUT2D eigenvalue weighted by atomic mass is 16.7. The van der Waals surface area contributed by atoms with Crippen molar-refractivity contribution in [2.24, 2.45) is 5.16 Å². The van der Waals surface area contributed by atoms with E-state index >= 15 is 0 Å². The van der Waals surface area contributed by atoms with Crippen LogP contribution in [0.25, 0.3) is 21.8 Å². The molecule has 0 spiro atoms. The lowest BCUT2D eigenvalue weighted by atomic mass is 9.97. The summed E-state index contributed by atoms with van der Waals surface area (Å²) in [6, 6.07) is 19.7. The number of benzene rings is 3. The molecule has 0 aliphatic rings. The zero-order chi connectivity index (χ0) is 22.8. The molecule has 3 aromatic carbocycles. The van der Waals surface area contributed by atoms with Crippen LogP contribution in [0.4, 0.5) is 0 Å². The molecule has 0 aliphatic carbocycles. The number of hydrogen-bond donors (Lipinski definition) is 0. The molecule has 5 heteroatoms. The number of nitrogens with zero attached hydrogens (tertiary/aromatic N) is 2. The average molecular weight is 427 g/mol. The lowest BCUT2D eigenvalue weighted by Gasteiger charge is -2.07. The summed E-state index contributed by atoms with van der Waals surface area (Å²) < 4.78 is 2.29. The van der Waals surface area contributed by atoms with Gasteiger partial charge in [0.25, 0.3) is 0 Å². The number of ketones is 1. The number of hydrogen-bond acceptors (Lipinski definition) is 4. The van der Waals surface area contributed by atoms with Crippen LogP contribution < -0.4 is 0 Å². The Bertz CT molecular complexity index is 1380. The zero-order valence-electron chi connectivity index (χ0n) is 18.8. The number of carbonyl (C=O) groups is 2. The molecule has 0 saturated heterocycles. The fourth-order valence-corrected chi connectivity index (χ4v) is 4.10. The molecule has 162 valence electrons. The summed E-state index contributed by atoms with van der Waals surface area (Å²) in [4.78, 5) is 29.2. The van der Waals surface area contributed by atoms with Gasteiger partial charge in [-0.3, -0.25) is 4.79 Å². The van der Waals surface area contributed by atoms with Gasteiger partial charge in [-0.1, -0.05) is 42.4 Å². The summed E-state index contributed by atoms with van der Waals surface area (Å²) in [5, 5.41) is 5.99. The average Bonchev–Trinajstić information content (AvgIpc) is 3.10. The Morgan fingerprint density at radius 1 is 0.906 bits per heavy atom. The van der Waals surface area contributed by atoms with E-state index in [1.165, 1.54) is 6.92 Å². The number of aryl methyl sites for hydroxylation is 2. The van der Waals surface area contributed by atoms with Gasteiger partial charge in [0.2, 0.25) is 0 Å². The fraction of sp³-hybridized carbons (Fsp3) is 0.222. The maximum absolute atomic E-state index is 13.2. The van der Waals surface area contributed by atoms with Crippen LogP contribution in [-0.2, 0) is 16.2 Å². The Kier molecular flexibility index (Phi) is 5.91. The minimum absolute atomic E-state index is 0.0187. The van der Waals surface area contributed by atoms with Gasteiger partial charge in [-0.15, -0.1) is 0 Å². The van der Waals surface area contributed by atoms with Gasteiger partial charge in [0.05, 0.1) is 5.71 Å². The molecule has 0 saturated carbocycles. The Morgan fingerprint density at radius 3 is 2.16 bits per heavy atom. The first kappa shape index (κ1) is 21.5. The number of rotatable bonds is 6. The molecule has 0 bridgehead atoms. The SMILES string of the molecule is CCCn1c2ccc(C(=O)c3ccccc3C)cc2c2cc(/C(C)=N/OC(C)=O)ccc21. The molecular formula is C27H26N2O3. The van der Waals surface area contributed by atoms with Crippen molar-refractivity contribution in [3.05, 3.63) is 82.9 Å². The van der Waals surface area contributed by atoms with Crippen molar-refractivity contribution in [3.8, 4) is 0 Å². The van der Waals surface area contributed by atoms with Gasteiger partial charge in [0, 0.05) is 46.4 Å². The van der Waals surface area contributed by atoms with E-state index in [-0.39, 0.29) is 5.78 Å².